The van der Waals surface area contributed by atoms with Crippen molar-refractivity contribution in [1.29, 1.82) is 0 Å². The first-order valence-electron chi connectivity index (χ1n) is 12.2. The maximum absolute atomic E-state index is 13.7. The predicted molar refractivity (Wildman–Crippen MR) is 140 cm³/mol. The van der Waals surface area contributed by atoms with E-state index in [0.717, 1.165) is 23.6 Å². The maximum atomic E-state index is 13.7. The number of aryl methyl sites for hydroxylation is 2. The van der Waals surface area contributed by atoms with Crippen LogP contribution in [0.1, 0.15) is 46.5 Å². The fourth-order valence-electron chi connectivity index (χ4n) is 4.01. The van der Waals surface area contributed by atoms with Gasteiger partial charge in [-0.3, -0.25) is 4.79 Å². The van der Waals surface area contributed by atoms with E-state index in [1.807, 2.05) is 19.1 Å². The number of benzene rings is 3. The number of hydrogen-bond donors (Lipinski definition) is 3. The molecule has 0 fully saturated rings. The number of hydrogen-bond acceptors (Lipinski definition) is 5. The highest BCUT2D eigenvalue weighted by Gasteiger charge is 2.24. The van der Waals surface area contributed by atoms with E-state index in [1.54, 1.807) is 18.2 Å². The summed E-state index contributed by atoms with van der Waals surface area (Å²) >= 11 is 0. The number of nitrogens with two attached hydrogens (primary N) is 1. The molecule has 0 saturated heterocycles. The van der Waals surface area contributed by atoms with Gasteiger partial charge in [-0.25, -0.2) is 13.6 Å². The highest BCUT2D eigenvalue weighted by atomic mass is 19.1. The van der Waals surface area contributed by atoms with Crippen LogP contribution in [0.15, 0.2) is 60.7 Å². The molecule has 0 radical (unpaired) electrons. The minimum Gasteiger partial charge on any atom is -0.456 e. The molecule has 0 saturated carbocycles. The Morgan fingerprint density at radius 2 is 1.68 bits per heavy atom. The molecular formula is C29H33F2N3O3. The minimum atomic E-state index is -0.793. The Hall–Kier alpha value is -3.62. The van der Waals surface area contributed by atoms with Gasteiger partial charge < -0.3 is 21.1 Å². The minimum absolute atomic E-state index is 0.102. The van der Waals surface area contributed by atoms with Gasteiger partial charge in [0.1, 0.15) is 17.7 Å². The van der Waals surface area contributed by atoms with Crippen molar-refractivity contribution in [2.45, 2.75) is 52.3 Å². The molecule has 0 bridgehead atoms. The smallest absolute Gasteiger partial charge is 0.338 e. The Bertz CT molecular complexity index is 1230. The van der Waals surface area contributed by atoms with Crippen LogP contribution in [-0.4, -0.2) is 30.6 Å². The summed E-state index contributed by atoms with van der Waals surface area (Å²) in [4.78, 5) is 24.6. The molecule has 0 aliphatic carbocycles. The monoisotopic (exact) mass is 509 g/mol. The first-order chi connectivity index (χ1) is 17.6. The summed E-state index contributed by atoms with van der Waals surface area (Å²) in [6, 6.07) is 15.5. The molecule has 0 spiro atoms. The summed E-state index contributed by atoms with van der Waals surface area (Å²) in [5.41, 5.74) is 10.6. The summed E-state index contributed by atoms with van der Waals surface area (Å²) in [6.07, 6.45) is 0.226. The van der Waals surface area contributed by atoms with Gasteiger partial charge >= 0.3 is 5.97 Å². The second-order valence-corrected chi connectivity index (χ2v) is 9.10. The first-order valence-corrected chi connectivity index (χ1v) is 12.2. The third-order valence-corrected chi connectivity index (χ3v) is 5.99. The molecule has 1 amide bonds. The highest BCUT2D eigenvalue weighted by molar-refractivity contribution is 5.94. The molecule has 0 heterocycles. The molecule has 4 N–H and O–H groups in total. The lowest BCUT2D eigenvalue weighted by molar-refractivity contribution is -0.114. The molecule has 3 rings (SSSR count). The third kappa shape index (κ3) is 8.48. The van der Waals surface area contributed by atoms with Crippen LogP contribution in [0.4, 0.5) is 14.5 Å². The molecule has 8 heteroatoms. The average Bonchev–Trinajstić information content (AvgIpc) is 2.83. The highest BCUT2D eigenvalue weighted by Crippen LogP contribution is 2.19. The van der Waals surface area contributed by atoms with Gasteiger partial charge in [-0.15, -0.1) is 0 Å². The Morgan fingerprint density at radius 3 is 2.35 bits per heavy atom. The number of nitrogens with one attached hydrogen (secondary N) is 2. The molecule has 0 aromatic heterocycles. The zero-order chi connectivity index (χ0) is 26.9. The van der Waals surface area contributed by atoms with Gasteiger partial charge in [0, 0.05) is 37.8 Å². The van der Waals surface area contributed by atoms with E-state index in [4.69, 9.17) is 10.5 Å². The number of rotatable bonds is 11. The van der Waals surface area contributed by atoms with Gasteiger partial charge in [-0.2, -0.15) is 0 Å². The van der Waals surface area contributed by atoms with Crippen LogP contribution in [-0.2, 0) is 28.9 Å². The number of carbonyl (C=O) groups is 2. The number of ether oxygens (including phenoxy) is 1. The predicted octanol–water partition coefficient (Wildman–Crippen LogP) is 4.68. The Morgan fingerprint density at radius 1 is 0.973 bits per heavy atom. The van der Waals surface area contributed by atoms with E-state index >= 15 is 0 Å². The Balaban J connectivity index is 1.76. The average molecular weight is 510 g/mol. The summed E-state index contributed by atoms with van der Waals surface area (Å²) in [5, 5.41) is 5.98. The molecule has 6 nitrogen and oxygen atoms in total. The van der Waals surface area contributed by atoms with E-state index < -0.39 is 29.7 Å². The molecular weight excluding hydrogens is 476 g/mol. The summed E-state index contributed by atoms with van der Waals surface area (Å²) < 4.78 is 33.2. The van der Waals surface area contributed by atoms with Crippen LogP contribution in [0, 0.1) is 18.6 Å². The Kier molecular flexibility index (Phi) is 9.88. The largest absolute Gasteiger partial charge is 0.456 e. The maximum Gasteiger partial charge on any atom is 0.338 e. The molecule has 0 unspecified atom stereocenters. The van der Waals surface area contributed by atoms with Crippen LogP contribution in [0.2, 0.25) is 0 Å². The van der Waals surface area contributed by atoms with Gasteiger partial charge in [-0.05, 0) is 66.3 Å². The fourth-order valence-corrected chi connectivity index (χ4v) is 4.01. The van der Waals surface area contributed by atoms with Crippen molar-refractivity contribution in [3.8, 4) is 0 Å². The summed E-state index contributed by atoms with van der Waals surface area (Å²) in [5.74, 6) is -2.27. The van der Waals surface area contributed by atoms with E-state index in [1.165, 1.54) is 24.6 Å². The lowest BCUT2D eigenvalue weighted by atomic mass is 10.0. The van der Waals surface area contributed by atoms with Gasteiger partial charge in [-0.1, -0.05) is 37.3 Å². The van der Waals surface area contributed by atoms with Crippen LogP contribution in [0.5, 0.6) is 0 Å². The van der Waals surface area contributed by atoms with Gasteiger partial charge in [0.25, 0.3) is 0 Å². The van der Waals surface area contributed by atoms with Crippen LogP contribution < -0.4 is 16.4 Å². The van der Waals surface area contributed by atoms with E-state index in [-0.39, 0.29) is 24.4 Å². The van der Waals surface area contributed by atoms with Crippen LogP contribution in [0.25, 0.3) is 0 Å². The second-order valence-electron chi connectivity index (χ2n) is 9.10. The van der Waals surface area contributed by atoms with E-state index in [9.17, 15) is 18.4 Å². The van der Waals surface area contributed by atoms with Crippen molar-refractivity contribution in [3.05, 3.63) is 100 Å². The second kappa shape index (κ2) is 13.1. The first kappa shape index (κ1) is 28.0. The lowest BCUT2D eigenvalue weighted by Gasteiger charge is -2.25. The molecule has 2 atom stereocenters. The molecule has 0 aliphatic heterocycles. The van der Waals surface area contributed by atoms with Crippen molar-refractivity contribution in [2.75, 3.05) is 11.9 Å². The van der Waals surface area contributed by atoms with Crippen molar-refractivity contribution in [2.24, 2.45) is 5.73 Å². The standard InChI is InChI=1S/C29H33F2N3O3/c1-4-20-6-5-7-21(10-20)16-33-17-28(26(32)13-22-11-24(30)15-25(31)12-22)37-29(36)23-9-8-18(2)27(14-23)34-19(3)35/h5-12,14-15,26,28,33H,4,13,16-17,32H2,1-3H3,(H,34,35)/t26-,28+/m0/s1. The van der Waals surface area contributed by atoms with Gasteiger partial charge in [0.05, 0.1) is 5.56 Å². The fraction of sp³-hybridized carbons (Fsp3) is 0.310. The summed E-state index contributed by atoms with van der Waals surface area (Å²) in [7, 11) is 0. The molecule has 37 heavy (non-hydrogen) atoms. The lowest BCUT2D eigenvalue weighted by Crippen LogP contribution is -2.46. The zero-order valence-electron chi connectivity index (χ0n) is 21.3. The normalized spacial score (nSPS) is 12.6. The summed E-state index contributed by atoms with van der Waals surface area (Å²) in [6.45, 7) is 6.04. The number of anilines is 1. The van der Waals surface area contributed by atoms with E-state index in [0.29, 0.717) is 17.8 Å². The molecule has 3 aromatic rings. The number of esters is 1. The molecule has 196 valence electrons. The topological polar surface area (TPSA) is 93.5 Å². The van der Waals surface area contributed by atoms with Gasteiger partial charge in [0.2, 0.25) is 5.91 Å². The van der Waals surface area contributed by atoms with Gasteiger partial charge in [0.15, 0.2) is 0 Å². The van der Waals surface area contributed by atoms with Crippen molar-refractivity contribution in [3.63, 3.8) is 0 Å². The third-order valence-electron chi connectivity index (χ3n) is 5.99. The van der Waals surface area contributed by atoms with Crippen molar-refractivity contribution in [1.82, 2.24) is 5.32 Å². The number of halogens is 2. The number of amides is 1. The zero-order valence-corrected chi connectivity index (χ0v) is 21.3. The molecule has 0 aliphatic rings. The van der Waals surface area contributed by atoms with E-state index in [2.05, 4.69) is 29.7 Å². The quantitative estimate of drug-likeness (QED) is 0.327. The van der Waals surface area contributed by atoms with Crippen molar-refractivity contribution >= 4 is 17.6 Å². The molecule has 3 aromatic carbocycles. The Labute approximate surface area is 216 Å². The van der Waals surface area contributed by atoms with Crippen LogP contribution >= 0.6 is 0 Å². The number of carbonyl (C=O) groups excluding carboxylic acids is 2. The van der Waals surface area contributed by atoms with Crippen LogP contribution in [0.3, 0.4) is 0 Å². The SMILES string of the molecule is CCc1cccc(CNC[C@@H](OC(=O)c2ccc(C)c(NC(C)=O)c2)[C@@H](N)Cc2cc(F)cc(F)c2)c1. The van der Waals surface area contributed by atoms with Crippen molar-refractivity contribution < 1.29 is 23.1 Å².